The van der Waals surface area contributed by atoms with E-state index < -0.39 is 0 Å². The van der Waals surface area contributed by atoms with Crippen LogP contribution in [0.4, 0.5) is 0 Å². The summed E-state index contributed by atoms with van der Waals surface area (Å²) in [6, 6.07) is 7.47. The number of hydrogen-bond acceptors (Lipinski definition) is 4. The van der Waals surface area contributed by atoms with E-state index in [1.54, 1.807) is 0 Å². The molecule has 5 nitrogen and oxygen atoms in total. The Morgan fingerprint density at radius 3 is 2.24 bits per heavy atom. The van der Waals surface area contributed by atoms with E-state index in [0.29, 0.717) is 38.3 Å². The van der Waals surface area contributed by atoms with Gasteiger partial charge in [0.1, 0.15) is 12.4 Å². The smallest absolute Gasteiger partial charge is 0.229 e. The first-order valence-corrected chi connectivity index (χ1v) is 7.16. The summed E-state index contributed by atoms with van der Waals surface area (Å²) in [5, 5.41) is 0. The molecule has 0 unspecified atom stereocenters. The lowest BCUT2D eigenvalue weighted by Gasteiger charge is -2.34. The number of rotatable bonds is 5. The number of carbonyl (C=O) groups is 2. The molecule has 0 radical (unpaired) electrons. The topological polar surface area (TPSA) is 72.6 Å². The number of likely N-dealkylation sites (tertiary alicyclic amines) is 1. The van der Waals surface area contributed by atoms with E-state index in [0.717, 1.165) is 5.56 Å². The second kappa shape index (κ2) is 6.26. The van der Waals surface area contributed by atoms with Crippen LogP contribution in [0.2, 0.25) is 0 Å². The maximum Gasteiger partial charge on any atom is 0.229 e. The van der Waals surface area contributed by atoms with Crippen LogP contribution in [0.5, 0.6) is 5.75 Å². The van der Waals surface area contributed by atoms with Gasteiger partial charge in [0.25, 0.3) is 0 Å². The number of nitrogens with two attached hydrogens (primary N) is 1. The van der Waals surface area contributed by atoms with Gasteiger partial charge in [-0.05, 0) is 23.1 Å². The van der Waals surface area contributed by atoms with Gasteiger partial charge < -0.3 is 10.5 Å². The van der Waals surface area contributed by atoms with Crippen LogP contribution < -0.4 is 10.5 Å². The highest BCUT2D eigenvalue weighted by molar-refractivity contribution is 5.98. The first-order chi connectivity index (χ1) is 9.91. The molecule has 0 atom stereocenters. The molecule has 114 valence electrons. The van der Waals surface area contributed by atoms with Crippen LogP contribution >= 0.6 is 0 Å². The van der Waals surface area contributed by atoms with Gasteiger partial charge in [0.2, 0.25) is 11.8 Å². The van der Waals surface area contributed by atoms with Gasteiger partial charge in [0.15, 0.2) is 0 Å². The van der Waals surface area contributed by atoms with Crippen molar-refractivity contribution < 1.29 is 14.3 Å². The molecule has 2 rings (SSSR count). The lowest BCUT2D eigenvalue weighted by Crippen LogP contribution is -2.47. The standard InChI is InChI=1S/C16H22N2O3/c1-16(2)9-14(19)18(15(20)10-16)7-8-21-13-5-3-12(11-17)4-6-13/h3-6H,7-11,17H2,1-2H3. The van der Waals surface area contributed by atoms with Gasteiger partial charge in [-0.3, -0.25) is 14.5 Å². The molecule has 0 aromatic heterocycles. The van der Waals surface area contributed by atoms with Gasteiger partial charge in [-0.1, -0.05) is 26.0 Å². The number of benzene rings is 1. The van der Waals surface area contributed by atoms with Gasteiger partial charge in [-0.15, -0.1) is 0 Å². The molecule has 0 spiro atoms. The largest absolute Gasteiger partial charge is 0.492 e. The molecule has 2 N–H and O–H groups in total. The Morgan fingerprint density at radius 1 is 1.14 bits per heavy atom. The van der Waals surface area contributed by atoms with E-state index in [1.807, 2.05) is 38.1 Å². The number of imide groups is 1. The average molecular weight is 290 g/mol. The van der Waals surface area contributed by atoms with Crippen molar-refractivity contribution in [2.75, 3.05) is 13.2 Å². The number of amides is 2. The van der Waals surface area contributed by atoms with Crippen LogP contribution in [0.25, 0.3) is 0 Å². The third-order valence-electron chi connectivity index (χ3n) is 3.60. The lowest BCUT2D eigenvalue weighted by atomic mass is 9.82. The van der Waals surface area contributed by atoms with Crippen molar-refractivity contribution in [3.63, 3.8) is 0 Å². The van der Waals surface area contributed by atoms with Gasteiger partial charge in [0.05, 0.1) is 6.54 Å². The lowest BCUT2D eigenvalue weighted by molar-refractivity contribution is -0.152. The highest BCUT2D eigenvalue weighted by Gasteiger charge is 2.37. The molecule has 21 heavy (non-hydrogen) atoms. The minimum absolute atomic E-state index is 0.113. The molecule has 1 aliphatic rings. The van der Waals surface area contributed by atoms with E-state index in [4.69, 9.17) is 10.5 Å². The van der Waals surface area contributed by atoms with Crippen LogP contribution in [0, 0.1) is 5.41 Å². The van der Waals surface area contributed by atoms with Gasteiger partial charge in [0, 0.05) is 19.4 Å². The van der Waals surface area contributed by atoms with E-state index in [2.05, 4.69) is 0 Å². The van der Waals surface area contributed by atoms with Crippen LogP contribution in [-0.4, -0.2) is 29.9 Å². The van der Waals surface area contributed by atoms with Crippen molar-refractivity contribution in [2.24, 2.45) is 11.1 Å². The molecule has 1 fully saturated rings. The number of carbonyl (C=O) groups excluding carboxylic acids is 2. The Bertz CT molecular complexity index is 503. The Kier molecular flexibility index (Phi) is 4.63. The second-order valence-electron chi connectivity index (χ2n) is 6.15. The molecule has 1 aromatic carbocycles. The maximum absolute atomic E-state index is 12.0. The fourth-order valence-electron chi connectivity index (χ4n) is 2.44. The highest BCUT2D eigenvalue weighted by atomic mass is 16.5. The second-order valence-corrected chi connectivity index (χ2v) is 6.15. The molecule has 0 bridgehead atoms. The summed E-state index contributed by atoms with van der Waals surface area (Å²) in [6.45, 7) is 4.98. The molecule has 1 aliphatic heterocycles. The fourth-order valence-corrected chi connectivity index (χ4v) is 2.44. The van der Waals surface area contributed by atoms with Gasteiger partial charge >= 0.3 is 0 Å². The number of piperidine rings is 1. The molecular weight excluding hydrogens is 268 g/mol. The zero-order valence-electron chi connectivity index (χ0n) is 12.6. The summed E-state index contributed by atoms with van der Waals surface area (Å²) in [4.78, 5) is 25.3. The molecular formula is C16H22N2O3. The van der Waals surface area contributed by atoms with Crippen molar-refractivity contribution in [3.8, 4) is 5.75 Å². The minimum Gasteiger partial charge on any atom is -0.492 e. The van der Waals surface area contributed by atoms with E-state index >= 15 is 0 Å². The monoisotopic (exact) mass is 290 g/mol. The minimum atomic E-state index is -0.233. The van der Waals surface area contributed by atoms with Crippen LogP contribution in [0.15, 0.2) is 24.3 Å². The van der Waals surface area contributed by atoms with Crippen molar-refractivity contribution in [3.05, 3.63) is 29.8 Å². The maximum atomic E-state index is 12.0. The predicted molar refractivity (Wildman–Crippen MR) is 79.6 cm³/mol. The zero-order chi connectivity index (χ0) is 15.5. The SMILES string of the molecule is CC1(C)CC(=O)N(CCOc2ccc(CN)cc2)C(=O)C1. The highest BCUT2D eigenvalue weighted by Crippen LogP contribution is 2.31. The summed E-state index contributed by atoms with van der Waals surface area (Å²) in [5.74, 6) is 0.487. The van der Waals surface area contributed by atoms with Crippen LogP contribution in [0.3, 0.4) is 0 Å². The third-order valence-corrected chi connectivity index (χ3v) is 3.60. The van der Waals surface area contributed by atoms with Crippen molar-refractivity contribution >= 4 is 11.8 Å². The average Bonchev–Trinajstić information content (AvgIpc) is 2.41. The number of nitrogens with zero attached hydrogens (tertiary/aromatic N) is 1. The summed E-state index contributed by atoms with van der Waals surface area (Å²) >= 11 is 0. The predicted octanol–water partition coefficient (Wildman–Crippen LogP) is 1.70. The quantitative estimate of drug-likeness (QED) is 0.838. The molecule has 5 heteroatoms. The fraction of sp³-hybridized carbons (Fsp3) is 0.500. The zero-order valence-corrected chi connectivity index (χ0v) is 12.6. The molecule has 0 aliphatic carbocycles. The normalized spacial score (nSPS) is 18.0. The Balaban J connectivity index is 1.85. The van der Waals surface area contributed by atoms with Gasteiger partial charge in [-0.2, -0.15) is 0 Å². The molecule has 1 saturated heterocycles. The van der Waals surface area contributed by atoms with E-state index in [-0.39, 0.29) is 17.2 Å². The third kappa shape index (κ3) is 4.04. The van der Waals surface area contributed by atoms with Crippen molar-refractivity contribution in [1.29, 1.82) is 0 Å². The summed E-state index contributed by atoms with van der Waals surface area (Å²) in [7, 11) is 0. The summed E-state index contributed by atoms with van der Waals surface area (Å²) in [6.07, 6.45) is 0.813. The number of hydrogen-bond donors (Lipinski definition) is 1. The molecule has 0 saturated carbocycles. The Morgan fingerprint density at radius 2 is 1.71 bits per heavy atom. The van der Waals surface area contributed by atoms with E-state index in [1.165, 1.54) is 4.90 Å². The van der Waals surface area contributed by atoms with E-state index in [9.17, 15) is 9.59 Å². The van der Waals surface area contributed by atoms with Crippen molar-refractivity contribution in [2.45, 2.75) is 33.2 Å². The molecule has 1 aromatic rings. The Labute approximate surface area is 125 Å². The summed E-state index contributed by atoms with van der Waals surface area (Å²) in [5.41, 5.74) is 6.33. The Hall–Kier alpha value is -1.88. The molecule has 2 amide bonds. The number of ether oxygens (including phenoxy) is 1. The van der Waals surface area contributed by atoms with Crippen LogP contribution in [0.1, 0.15) is 32.3 Å². The molecule has 1 heterocycles. The first kappa shape index (κ1) is 15.5. The van der Waals surface area contributed by atoms with Gasteiger partial charge in [-0.25, -0.2) is 0 Å². The van der Waals surface area contributed by atoms with Crippen molar-refractivity contribution in [1.82, 2.24) is 4.90 Å². The first-order valence-electron chi connectivity index (χ1n) is 7.16. The summed E-state index contributed by atoms with van der Waals surface area (Å²) < 4.78 is 5.57. The van der Waals surface area contributed by atoms with Crippen LogP contribution in [-0.2, 0) is 16.1 Å².